The molecule has 1 unspecified atom stereocenters. The highest BCUT2D eigenvalue weighted by Gasteiger charge is 2.24. The summed E-state index contributed by atoms with van der Waals surface area (Å²) in [7, 11) is 2.05. The first-order chi connectivity index (χ1) is 12.2. The minimum absolute atomic E-state index is 0.0289. The first-order valence-corrected chi connectivity index (χ1v) is 8.42. The first kappa shape index (κ1) is 15.6. The van der Waals surface area contributed by atoms with Crippen LogP contribution in [0.2, 0.25) is 0 Å². The molecule has 2 heterocycles. The molecule has 126 valence electrons. The fourth-order valence-electron chi connectivity index (χ4n) is 3.38. The van der Waals surface area contributed by atoms with Crippen molar-refractivity contribution >= 4 is 11.0 Å². The second-order valence-electron chi connectivity index (χ2n) is 6.26. The van der Waals surface area contributed by atoms with Gasteiger partial charge < -0.3 is 10.3 Å². The van der Waals surface area contributed by atoms with Gasteiger partial charge in [-0.05, 0) is 37.3 Å². The molecule has 2 aromatic carbocycles. The summed E-state index contributed by atoms with van der Waals surface area (Å²) in [5, 5.41) is 4.68. The Morgan fingerprint density at radius 3 is 2.48 bits per heavy atom. The number of imidazole rings is 1. The van der Waals surface area contributed by atoms with Crippen molar-refractivity contribution in [2.75, 3.05) is 6.54 Å². The van der Waals surface area contributed by atoms with Gasteiger partial charge in [0.2, 0.25) is 0 Å². The van der Waals surface area contributed by atoms with Gasteiger partial charge in [-0.1, -0.05) is 30.3 Å². The number of para-hydroxylation sites is 3. The molecule has 0 aliphatic carbocycles. The van der Waals surface area contributed by atoms with Crippen LogP contribution in [-0.2, 0) is 7.05 Å². The molecule has 0 radical (unpaired) electrons. The van der Waals surface area contributed by atoms with Gasteiger partial charge in [0.1, 0.15) is 5.82 Å². The van der Waals surface area contributed by atoms with E-state index in [1.807, 2.05) is 55.1 Å². The monoisotopic (exact) mass is 331 g/mol. The van der Waals surface area contributed by atoms with Crippen LogP contribution in [0.1, 0.15) is 23.1 Å². The SMILES string of the molecule is Cc1cc(C(CN)c2nc3ccccc3n2C)n(-c2ccccc2)n1. The van der Waals surface area contributed by atoms with Gasteiger partial charge in [0.05, 0.1) is 34.0 Å². The Kier molecular flexibility index (Phi) is 3.86. The van der Waals surface area contributed by atoms with E-state index >= 15 is 0 Å². The minimum Gasteiger partial charge on any atom is -0.331 e. The van der Waals surface area contributed by atoms with Crippen LogP contribution in [0, 0.1) is 6.92 Å². The zero-order chi connectivity index (χ0) is 17.4. The molecule has 4 aromatic rings. The zero-order valence-electron chi connectivity index (χ0n) is 14.4. The Hall–Kier alpha value is -2.92. The van der Waals surface area contributed by atoms with Crippen LogP contribution in [-0.4, -0.2) is 25.9 Å². The van der Waals surface area contributed by atoms with Crippen LogP contribution in [0.15, 0.2) is 60.7 Å². The number of hydrogen-bond donors (Lipinski definition) is 1. The maximum Gasteiger partial charge on any atom is 0.120 e. The molecule has 0 saturated heterocycles. The number of hydrogen-bond acceptors (Lipinski definition) is 3. The molecule has 0 bridgehead atoms. The highest BCUT2D eigenvalue weighted by molar-refractivity contribution is 5.76. The van der Waals surface area contributed by atoms with Gasteiger partial charge >= 0.3 is 0 Å². The number of benzene rings is 2. The van der Waals surface area contributed by atoms with E-state index in [-0.39, 0.29) is 5.92 Å². The van der Waals surface area contributed by atoms with Crippen molar-refractivity contribution in [2.45, 2.75) is 12.8 Å². The second-order valence-corrected chi connectivity index (χ2v) is 6.26. The lowest BCUT2D eigenvalue weighted by atomic mass is 10.0. The van der Waals surface area contributed by atoms with E-state index in [2.05, 4.69) is 33.9 Å². The molecule has 5 nitrogen and oxygen atoms in total. The van der Waals surface area contributed by atoms with Crippen molar-refractivity contribution in [3.63, 3.8) is 0 Å². The summed E-state index contributed by atoms with van der Waals surface area (Å²) in [6, 6.07) is 20.4. The highest BCUT2D eigenvalue weighted by atomic mass is 15.3. The number of rotatable bonds is 4. The summed E-state index contributed by atoms with van der Waals surface area (Å²) in [6.07, 6.45) is 0. The molecule has 0 amide bonds. The lowest BCUT2D eigenvalue weighted by Crippen LogP contribution is -2.20. The molecular weight excluding hydrogens is 310 g/mol. The largest absolute Gasteiger partial charge is 0.331 e. The van der Waals surface area contributed by atoms with Crippen molar-refractivity contribution in [3.05, 3.63) is 77.9 Å². The summed E-state index contributed by atoms with van der Waals surface area (Å²) in [6.45, 7) is 2.47. The van der Waals surface area contributed by atoms with Crippen molar-refractivity contribution in [3.8, 4) is 5.69 Å². The van der Waals surface area contributed by atoms with E-state index in [1.165, 1.54) is 0 Å². The molecule has 5 heteroatoms. The van der Waals surface area contributed by atoms with Gasteiger partial charge in [-0.2, -0.15) is 5.10 Å². The molecule has 0 saturated carbocycles. The normalized spacial score (nSPS) is 12.6. The third-order valence-electron chi connectivity index (χ3n) is 4.59. The standard InChI is InChI=1S/C20H21N5/c1-14-12-19(25(23-14)15-8-4-3-5-9-15)16(13-21)20-22-17-10-6-7-11-18(17)24(20)2/h3-12,16H,13,21H2,1-2H3. The molecule has 0 fully saturated rings. The van der Waals surface area contributed by atoms with Gasteiger partial charge in [-0.25, -0.2) is 9.67 Å². The predicted octanol–water partition coefficient (Wildman–Crippen LogP) is 3.16. The van der Waals surface area contributed by atoms with E-state index in [0.29, 0.717) is 6.54 Å². The molecule has 25 heavy (non-hydrogen) atoms. The van der Waals surface area contributed by atoms with Gasteiger partial charge in [-0.3, -0.25) is 0 Å². The van der Waals surface area contributed by atoms with Crippen LogP contribution in [0.4, 0.5) is 0 Å². The van der Waals surface area contributed by atoms with Crippen LogP contribution in [0.5, 0.6) is 0 Å². The topological polar surface area (TPSA) is 61.7 Å². The Bertz CT molecular complexity index is 1010. The van der Waals surface area contributed by atoms with E-state index in [0.717, 1.165) is 33.9 Å². The Balaban J connectivity index is 1.88. The van der Waals surface area contributed by atoms with Crippen molar-refractivity contribution in [2.24, 2.45) is 12.8 Å². The average Bonchev–Trinajstić information content (AvgIpc) is 3.18. The van der Waals surface area contributed by atoms with Gasteiger partial charge in [0.15, 0.2) is 0 Å². The number of nitrogens with zero attached hydrogens (tertiary/aromatic N) is 4. The maximum atomic E-state index is 6.19. The average molecular weight is 331 g/mol. The summed E-state index contributed by atoms with van der Waals surface area (Å²) in [5.41, 5.74) is 11.3. The smallest absolute Gasteiger partial charge is 0.120 e. The van der Waals surface area contributed by atoms with Crippen LogP contribution < -0.4 is 5.73 Å². The zero-order valence-corrected chi connectivity index (χ0v) is 14.4. The minimum atomic E-state index is -0.0289. The molecular formula is C20H21N5. The molecule has 4 rings (SSSR count). The Morgan fingerprint density at radius 1 is 1.04 bits per heavy atom. The van der Waals surface area contributed by atoms with Gasteiger partial charge in [0, 0.05) is 13.6 Å². The maximum absolute atomic E-state index is 6.19. The number of fused-ring (bicyclic) bond motifs is 1. The Morgan fingerprint density at radius 2 is 1.76 bits per heavy atom. The molecule has 2 aromatic heterocycles. The number of aromatic nitrogens is 4. The summed E-state index contributed by atoms with van der Waals surface area (Å²) < 4.78 is 4.11. The van der Waals surface area contributed by atoms with Crippen molar-refractivity contribution < 1.29 is 0 Å². The summed E-state index contributed by atoms with van der Waals surface area (Å²) >= 11 is 0. The fraction of sp³-hybridized carbons (Fsp3) is 0.200. The van der Waals surface area contributed by atoms with E-state index < -0.39 is 0 Å². The number of nitrogens with two attached hydrogens (primary N) is 1. The third-order valence-corrected chi connectivity index (χ3v) is 4.59. The lowest BCUT2D eigenvalue weighted by molar-refractivity contribution is 0.658. The van der Waals surface area contributed by atoms with E-state index in [1.54, 1.807) is 0 Å². The quantitative estimate of drug-likeness (QED) is 0.625. The van der Waals surface area contributed by atoms with Gasteiger partial charge in [0.25, 0.3) is 0 Å². The summed E-state index contributed by atoms with van der Waals surface area (Å²) in [5.74, 6) is 0.930. The fourth-order valence-corrected chi connectivity index (χ4v) is 3.38. The molecule has 1 atom stereocenters. The van der Waals surface area contributed by atoms with Crippen molar-refractivity contribution in [1.29, 1.82) is 0 Å². The van der Waals surface area contributed by atoms with Crippen LogP contribution in [0.25, 0.3) is 16.7 Å². The van der Waals surface area contributed by atoms with Gasteiger partial charge in [-0.15, -0.1) is 0 Å². The predicted molar refractivity (Wildman–Crippen MR) is 99.9 cm³/mol. The summed E-state index contributed by atoms with van der Waals surface area (Å²) in [4.78, 5) is 4.85. The molecule has 0 spiro atoms. The number of aryl methyl sites for hydroxylation is 2. The second kappa shape index (κ2) is 6.18. The highest BCUT2D eigenvalue weighted by Crippen LogP contribution is 2.28. The van der Waals surface area contributed by atoms with E-state index in [4.69, 9.17) is 10.7 Å². The molecule has 0 aliphatic rings. The van der Waals surface area contributed by atoms with Crippen molar-refractivity contribution in [1.82, 2.24) is 19.3 Å². The van der Waals surface area contributed by atoms with Crippen LogP contribution in [0.3, 0.4) is 0 Å². The Labute approximate surface area is 146 Å². The lowest BCUT2D eigenvalue weighted by Gasteiger charge is -2.17. The third kappa shape index (κ3) is 2.62. The first-order valence-electron chi connectivity index (χ1n) is 8.42. The molecule has 2 N–H and O–H groups in total. The van der Waals surface area contributed by atoms with Crippen LogP contribution >= 0.6 is 0 Å². The molecule has 0 aliphatic heterocycles. The van der Waals surface area contributed by atoms with E-state index in [9.17, 15) is 0 Å².